The van der Waals surface area contributed by atoms with Crippen molar-refractivity contribution in [3.8, 4) is 11.1 Å². The predicted octanol–water partition coefficient (Wildman–Crippen LogP) is 3.05. The number of rotatable bonds is 3. The lowest BCUT2D eigenvalue weighted by atomic mass is 10.0. The summed E-state index contributed by atoms with van der Waals surface area (Å²) >= 11 is 0. The summed E-state index contributed by atoms with van der Waals surface area (Å²) in [5, 5.41) is 11.1. The Hall–Kier alpha value is -2.69. The van der Waals surface area contributed by atoms with Gasteiger partial charge >= 0.3 is 5.97 Å². The molecule has 5 nitrogen and oxygen atoms in total. The Morgan fingerprint density at radius 1 is 1.16 bits per heavy atom. The third kappa shape index (κ3) is 2.60. The van der Waals surface area contributed by atoms with Crippen molar-refractivity contribution in [2.75, 3.05) is 7.11 Å². The van der Waals surface area contributed by atoms with E-state index >= 15 is 0 Å². The Labute approximate surface area is 109 Å². The van der Waals surface area contributed by atoms with E-state index in [2.05, 4.69) is 4.74 Å². The number of carbonyl (C=O) groups is 1. The van der Waals surface area contributed by atoms with E-state index in [0.717, 1.165) is 5.56 Å². The van der Waals surface area contributed by atoms with Gasteiger partial charge in [-0.05, 0) is 17.7 Å². The van der Waals surface area contributed by atoms with E-state index in [9.17, 15) is 14.9 Å². The Kier molecular flexibility index (Phi) is 3.56. The molecule has 2 aromatic rings. The van der Waals surface area contributed by atoms with Crippen molar-refractivity contribution in [2.45, 2.75) is 0 Å². The molecule has 0 aliphatic rings. The summed E-state index contributed by atoms with van der Waals surface area (Å²) in [6, 6.07) is 13.3. The SMILES string of the molecule is COC(=O)c1ccc(-c2ccccc2)c([N+](=O)[O-])c1. The quantitative estimate of drug-likeness (QED) is 0.481. The zero-order chi connectivity index (χ0) is 13.8. The van der Waals surface area contributed by atoms with Crippen LogP contribution in [-0.2, 0) is 4.74 Å². The Balaban J connectivity index is 2.57. The molecule has 5 heteroatoms. The van der Waals surface area contributed by atoms with Gasteiger partial charge in [-0.3, -0.25) is 10.1 Å². The van der Waals surface area contributed by atoms with E-state index in [1.54, 1.807) is 30.3 Å². The van der Waals surface area contributed by atoms with E-state index in [-0.39, 0.29) is 11.3 Å². The molecule has 0 saturated carbocycles. The minimum absolute atomic E-state index is 0.117. The van der Waals surface area contributed by atoms with Crippen molar-refractivity contribution >= 4 is 11.7 Å². The molecule has 0 N–H and O–H groups in total. The van der Waals surface area contributed by atoms with Crippen LogP contribution >= 0.6 is 0 Å². The molecule has 0 saturated heterocycles. The van der Waals surface area contributed by atoms with Crippen LogP contribution in [-0.4, -0.2) is 18.0 Å². The lowest BCUT2D eigenvalue weighted by Gasteiger charge is -2.05. The maximum atomic E-state index is 11.4. The molecule has 0 aliphatic carbocycles. The van der Waals surface area contributed by atoms with E-state index in [1.807, 2.05) is 6.07 Å². The fraction of sp³-hybridized carbons (Fsp3) is 0.0714. The van der Waals surface area contributed by atoms with Gasteiger partial charge < -0.3 is 4.74 Å². The minimum Gasteiger partial charge on any atom is -0.465 e. The van der Waals surface area contributed by atoms with Gasteiger partial charge in [-0.25, -0.2) is 4.79 Å². The minimum atomic E-state index is -0.595. The average molecular weight is 257 g/mol. The van der Waals surface area contributed by atoms with Crippen LogP contribution in [0.5, 0.6) is 0 Å². The van der Waals surface area contributed by atoms with Crippen LogP contribution in [0, 0.1) is 10.1 Å². The number of hydrogen-bond donors (Lipinski definition) is 0. The van der Waals surface area contributed by atoms with E-state index in [1.165, 1.54) is 19.2 Å². The molecular formula is C14H11NO4. The first-order valence-electron chi connectivity index (χ1n) is 5.55. The van der Waals surface area contributed by atoms with Gasteiger partial charge in [-0.15, -0.1) is 0 Å². The third-order valence-electron chi connectivity index (χ3n) is 2.70. The number of ether oxygens (including phenoxy) is 1. The van der Waals surface area contributed by atoms with Crippen molar-refractivity contribution in [1.82, 2.24) is 0 Å². The summed E-state index contributed by atoms with van der Waals surface area (Å²) in [5.41, 5.74) is 1.24. The van der Waals surface area contributed by atoms with Gasteiger partial charge in [-0.1, -0.05) is 30.3 Å². The van der Waals surface area contributed by atoms with Gasteiger partial charge in [0.25, 0.3) is 5.69 Å². The number of hydrogen-bond acceptors (Lipinski definition) is 4. The first kappa shape index (κ1) is 12.8. The smallest absolute Gasteiger partial charge is 0.338 e. The zero-order valence-corrected chi connectivity index (χ0v) is 10.2. The molecule has 0 aromatic heterocycles. The summed E-state index contributed by atoms with van der Waals surface area (Å²) in [5.74, 6) is -0.595. The topological polar surface area (TPSA) is 69.4 Å². The highest BCUT2D eigenvalue weighted by Crippen LogP contribution is 2.30. The number of nitro benzene ring substituents is 1. The van der Waals surface area contributed by atoms with Crippen molar-refractivity contribution < 1.29 is 14.5 Å². The van der Waals surface area contributed by atoms with Gasteiger partial charge in [0, 0.05) is 6.07 Å². The third-order valence-corrected chi connectivity index (χ3v) is 2.70. The second kappa shape index (κ2) is 5.30. The molecule has 0 fully saturated rings. The van der Waals surface area contributed by atoms with Gasteiger partial charge in [0.2, 0.25) is 0 Å². The van der Waals surface area contributed by atoms with Crippen LogP contribution in [0.15, 0.2) is 48.5 Å². The number of benzene rings is 2. The summed E-state index contributed by atoms with van der Waals surface area (Å²) in [6.45, 7) is 0. The van der Waals surface area contributed by atoms with Gasteiger partial charge in [-0.2, -0.15) is 0 Å². The molecular weight excluding hydrogens is 246 g/mol. The number of carbonyl (C=O) groups excluding carboxylic acids is 1. The van der Waals surface area contributed by atoms with Crippen LogP contribution in [0.3, 0.4) is 0 Å². The molecule has 0 aliphatic heterocycles. The fourth-order valence-corrected chi connectivity index (χ4v) is 1.79. The lowest BCUT2D eigenvalue weighted by molar-refractivity contribution is -0.384. The van der Waals surface area contributed by atoms with Crippen molar-refractivity contribution in [3.63, 3.8) is 0 Å². The normalized spacial score (nSPS) is 9.95. The van der Waals surface area contributed by atoms with Crippen LogP contribution in [0.1, 0.15) is 10.4 Å². The zero-order valence-electron chi connectivity index (χ0n) is 10.2. The van der Waals surface area contributed by atoms with Crippen molar-refractivity contribution in [1.29, 1.82) is 0 Å². The molecule has 0 atom stereocenters. The highest BCUT2D eigenvalue weighted by molar-refractivity contribution is 5.92. The molecule has 96 valence electrons. The number of methoxy groups -OCH3 is 1. The molecule has 0 heterocycles. The summed E-state index contributed by atoms with van der Waals surface area (Å²) in [6.07, 6.45) is 0. The average Bonchev–Trinajstić information content (AvgIpc) is 2.46. The van der Waals surface area contributed by atoms with E-state index < -0.39 is 10.9 Å². The molecule has 0 spiro atoms. The fourth-order valence-electron chi connectivity index (χ4n) is 1.79. The lowest BCUT2D eigenvalue weighted by Crippen LogP contribution is -2.02. The van der Waals surface area contributed by atoms with Gasteiger partial charge in [0.15, 0.2) is 0 Å². The Morgan fingerprint density at radius 2 is 1.84 bits per heavy atom. The van der Waals surface area contributed by atoms with Crippen LogP contribution in [0.25, 0.3) is 11.1 Å². The standard InChI is InChI=1S/C14H11NO4/c1-19-14(16)11-7-8-12(13(9-11)15(17)18)10-5-3-2-4-6-10/h2-9H,1H3. The Morgan fingerprint density at radius 3 is 2.42 bits per heavy atom. The highest BCUT2D eigenvalue weighted by atomic mass is 16.6. The van der Waals surface area contributed by atoms with Crippen LogP contribution in [0.2, 0.25) is 0 Å². The maximum absolute atomic E-state index is 11.4. The molecule has 0 bridgehead atoms. The molecule has 0 amide bonds. The monoisotopic (exact) mass is 257 g/mol. The molecule has 2 aromatic carbocycles. The predicted molar refractivity (Wildman–Crippen MR) is 69.9 cm³/mol. The van der Waals surface area contributed by atoms with Crippen molar-refractivity contribution in [2.24, 2.45) is 0 Å². The molecule has 0 unspecified atom stereocenters. The second-order valence-corrected chi connectivity index (χ2v) is 3.85. The van der Waals surface area contributed by atoms with E-state index in [0.29, 0.717) is 5.56 Å². The van der Waals surface area contributed by atoms with Gasteiger partial charge in [0.05, 0.1) is 23.2 Å². The largest absolute Gasteiger partial charge is 0.465 e. The molecule has 19 heavy (non-hydrogen) atoms. The van der Waals surface area contributed by atoms with Crippen molar-refractivity contribution in [3.05, 3.63) is 64.2 Å². The highest BCUT2D eigenvalue weighted by Gasteiger charge is 2.18. The summed E-state index contributed by atoms with van der Waals surface area (Å²) < 4.78 is 4.56. The first-order chi connectivity index (χ1) is 9.13. The van der Waals surface area contributed by atoms with E-state index in [4.69, 9.17) is 0 Å². The van der Waals surface area contributed by atoms with Crippen LogP contribution < -0.4 is 0 Å². The molecule has 0 radical (unpaired) electrons. The number of nitrogens with zero attached hydrogens (tertiary/aromatic N) is 1. The Bertz CT molecular complexity index is 623. The number of esters is 1. The van der Waals surface area contributed by atoms with Gasteiger partial charge in [0.1, 0.15) is 0 Å². The summed E-state index contributed by atoms with van der Waals surface area (Å²) in [7, 11) is 1.24. The van der Waals surface area contributed by atoms with Crippen LogP contribution in [0.4, 0.5) is 5.69 Å². The molecule has 2 rings (SSSR count). The maximum Gasteiger partial charge on any atom is 0.338 e. The summed E-state index contributed by atoms with van der Waals surface area (Å²) in [4.78, 5) is 22.0. The second-order valence-electron chi connectivity index (χ2n) is 3.85. The number of nitro groups is 1. The first-order valence-corrected chi connectivity index (χ1v) is 5.55.